The summed E-state index contributed by atoms with van der Waals surface area (Å²) in [6.07, 6.45) is 0. The molecular formula is C15H10N8. The third-order valence-electron chi connectivity index (χ3n) is 3.36. The van der Waals surface area contributed by atoms with Gasteiger partial charge in [0.05, 0.1) is 16.8 Å². The zero-order chi connectivity index (χ0) is 16.6. The molecule has 3 aromatic rings. The van der Waals surface area contributed by atoms with Crippen LogP contribution in [0, 0.1) is 28.1 Å². The number of anilines is 2. The Kier molecular flexibility index (Phi) is 3.13. The maximum absolute atomic E-state index is 9.33. The van der Waals surface area contributed by atoms with Crippen LogP contribution in [0.1, 0.15) is 11.3 Å². The number of aromatic nitrogens is 3. The molecule has 0 spiro atoms. The van der Waals surface area contributed by atoms with Crippen molar-refractivity contribution in [1.29, 1.82) is 15.9 Å². The van der Waals surface area contributed by atoms with Crippen molar-refractivity contribution in [2.24, 2.45) is 0 Å². The van der Waals surface area contributed by atoms with Crippen molar-refractivity contribution in [2.75, 3.05) is 11.5 Å². The van der Waals surface area contributed by atoms with Crippen LogP contribution in [0.5, 0.6) is 0 Å². The number of pyridine rings is 1. The van der Waals surface area contributed by atoms with Crippen LogP contribution < -0.4 is 17.0 Å². The van der Waals surface area contributed by atoms with Crippen LogP contribution in [0.3, 0.4) is 0 Å². The summed E-state index contributed by atoms with van der Waals surface area (Å²) in [5.74, 6) is -0.0901. The Labute approximate surface area is 130 Å². The molecule has 0 aliphatic heterocycles. The van der Waals surface area contributed by atoms with Gasteiger partial charge in [-0.1, -0.05) is 18.2 Å². The van der Waals surface area contributed by atoms with E-state index in [-0.39, 0.29) is 39.2 Å². The number of benzene rings is 1. The van der Waals surface area contributed by atoms with Crippen LogP contribution in [0.2, 0.25) is 0 Å². The van der Waals surface area contributed by atoms with Gasteiger partial charge in [0.25, 0.3) is 0 Å². The van der Waals surface area contributed by atoms with Gasteiger partial charge in [-0.05, 0) is 12.1 Å². The lowest BCUT2D eigenvalue weighted by Crippen LogP contribution is -2.24. The van der Waals surface area contributed by atoms with Crippen molar-refractivity contribution >= 4 is 22.4 Å². The highest BCUT2D eigenvalue weighted by molar-refractivity contribution is 5.96. The molecule has 0 saturated carbocycles. The average molecular weight is 302 g/mol. The fraction of sp³-hybridized carbons (Fsp3) is 0. The predicted molar refractivity (Wildman–Crippen MR) is 83.0 cm³/mol. The molecule has 3 rings (SSSR count). The molecule has 5 N–H and O–H groups in total. The molecule has 0 bridgehead atoms. The Morgan fingerprint density at radius 2 is 1.78 bits per heavy atom. The van der Waals surface area contributed by atoms with Gasteiger partial charge in [0.1, 0.15) is 29.0 Å². The molecule has 0 unspecified atom stereocenters. The van der Waals surface area contributed by atoms with Gasteiger partial charge in [-0.3, -0.25) is 5.41 Å². The van der Waals surface area contributed by atoms with Crippen molar-refractivity contribution in [1.82, 2.24) is 14.8 Å². The van der Waals surface area contributed by atoms with Crippen LogP contribution in [0.25, 0.3) is 16.6 Å². The molecule has 2 heterocycles. The number of hydrogen-bond acceptors (Lipinski definition) is 7. The van der Waals surface area contributed by atoms with E-state index in [9.17, 15) is 5.26 Å². The van der Waals surface area contributed by atoms with E-state index in [0.717, 1.165) is 0 Å². The SMILES string of the molecule is N#Cc1c(N)nc2c(C#N)nn(-c3ccccc3)c(=N)c2c1N. The first-order chi connectivity index (χ1) is 11.1. The monoisotopic (exact) mass is 302 g/mol. The normalized spacial score (nSPS) is 10.2. The predicted octanol–water partition coefficient (Wildman–Crippen LogP) is 0.808. The number of nitrogen functional groups attached to an aromatic ring is 2. The van der Waals surface area contributed by atoms with E-state index < -0.39 is 0 Å². The minimum absolute atomic E-state index is 0.0132. The third-order valence-corrected chi connectivity index (χ3v) is 3.36. The molecule has 0 saturated heterocycles. The summed E-state index contributed by atoms with van der Waals surface area (Å²) in [5, 5.41) is 31.2. The summed E-state index contributed by atoms with van der Waals surface area (Å²) >= 11 is 0. The van der Waals surface area contributed by atoms with E-state index in [1.807, 2.05) is 18.2 Å². The highest BCUT2D eigenvalue weighted by atomic mass is 15.3. The van der Waals surface area contributed by atoms with Crippen LogP contribution in [0.15, 0.2) is 30.3 Å². The number of para-hydroxylation sites is 1. The number of nitrogens with two attached hydrogens (primary N) is 2. The van der Waals surface area contributed by atoms with Gasteiger partial charge < -0.3 is 11.5 Å². The summed E-state index contributed by atoms with van der Waals surface area (Å²) < 4.78 is 1.27. The number of hydrogen-bond donors (Lipinski definition) is 3. The number of nitrogens with zero attached hydrogens (tertiary/aromatic N) is 5. The lowest BCUT2D eigenvalue weighted by molar-refractivity contribution is 0.780. The smallest absolute Gasteiger partial charge is 0.187 e. The molecule has 8 nitrogen and oxygen atoms in total. The molecule has 0 amide bonds. The van der Waals surface area contributed by atoms with E-state index >= 15 is 0 Å². The maximum atomic E-state index is 9.33. The van der Waals surface area contributed by atoms with E-state index in [1.165, 1.54) is 4.68 Å². The van der Waals surface area contributed by atoms with Crippen LogP contribution in [-0.4, -0.2) is 14.8 Å². The lowest BCUT2D eigenvalue weighted by Gasteiger charge is -2.12. The number of nitrogens with one attached hydrogen (secondary N) is 1. The second kappa shape index (κ2) is 5.13. The summed E-state index contributed by atoms with van der Waals surface area (Å²) in [5.41, 5.74) is 12.3. The second-order valence-electron chi connectivity index (χ2n) is 4.68. The van der Waals surface area contributed by atoms with Gasteiger partial charge >= 0.3 is 0 Å². The van der Waals surface area contributed by atoms with Gasteiger partial charge in [0.15, 0.2) is 11.2 Å². The molecule has 8 heteroatoms. The first-order valence-corrected chi connectivity index (χ1v) is 6.50. The zero-order valence-corrected chi connectivity index (χ0v) is 11.8. The van der Waals surface area contributed by atoms with Crippen molar-refractivity contribution in [2.45, 2.75) is 0 Å². The molecule has 23 heavy (non-hydrogen) atoms. The van der Waals surface area contributed by atoms with Crippen molar-refractivity contribution in [3.63, 3.8) is 0 Å². The fourth-order valence-corrected chi connectivity index (χ4v) is 2.29. The Bertz CT molecular complexity index is 1070. The molecule has 110 valence electrons. The standard InChI is InChI=1S/C15H10N8/c16-6-9-12(18)11-13(21-14(9)19)10(7-17)22-23(15(11)20)8-4-2-1-3-5-8/h1-5,20H,(H4,18,19,21). The van der Waals surface area contributed by atoms with E-state index in [0.29, 0.717) is 5.69 Å². The minimum Gasteiger partial charge on any atom is -0.397 e. The van der Waals surface area contributed by atoms with Gasteiger partial charge in [0.2, 0.25) is 0 Å². The Balaban J connectivity index is 2.54. The van der Waals surface area contributed by atoms with Crippen LogP contribution in [0.4, 0.5) is 11.5 Å². The van der Waals surface area contributed by atoms with Crippen molar-refractivity contribution < 1.29 is 0 Å². The Morgan fingerprint density at radius 1 is 1.09 bits per heavy atom. The Hall–Kier alpha value is -3.91. The Morgan fingerprint density at radius 3 is 2.39 bits per heavy atom. The van der Waals surface area contributed by atoms with E-state index in [1.54, 1.807) is 24.3 Å². The van der Waals surface area contributed by atoms with Gasteiger partial charge in [-0.25, -0.2) is 9.67 Å². The van der Waals surface area contributed by atoms with Crippen LogP contribution in [-0.2, 0) is 0 Å². The molecular weight excluding hydrogens is 292 g/mol. The minimum atomic E-state index is -0.0901. The summed E-state index contributed by atoms with van der Waals surface area (Å²) in [7, 11) is 0. The van der Waals surface area contributed by atoms with E-state index in [2.05, 4.69) is 10.1 Å². The molecule has 0 fully saturated rings. The molecule has 2 aromatic heterocycles. The third kappa shape index (κ3) is 2.03. The van der Waals surface area contributed by atoms with Crippen molar-refractivity contribution in [3.05, 3.63) is 47.1 Å². The average Bonchev–Trinajstić information content (AvgIpc) is 2.56. The lowest BCUT2D eigenvalue weighted by atomic mass is 10.1. The maximum Gasteiger partial charge on any atom is 0.187 e. The largest absolute Gasteiger partial charge is 0.397 e. The molecule has 0 aliphatic carbocycles. The zero-order valence-electron chi connectivity index (χ0n) is 11.8. The van der Waals surface area contributed by atoms with Gasteiger partial charge in [-0.15, -0.1) is 0 Å². The first-order valence-electron chi connectivity index (χ1n) is 6.50. The van der Waals surface area contributed by atoms with Crippen LogP contribution >= 0.6 is 0 Å². The molecule has 0 atom stereocenters. The number of fused-ring (bicyclic) bond motifs is 1. The highest BCUT2D eigenvalue weighted by Gasteiger charge is 2.18. The summed E-state index contributed by atoms with van der Waals surface area (Å²) in [6.45, 7) is 0. The van der Waals surface area contributed by atoms with Crippen molar-refractivity contribution in [3.8, 4) is 17.8 Å². The number of rotatable bonds is 1. The fourth-order valence-electron chi connectivity index (χ4n) is 2.29. The summed E-state index contributed by atoms with van der Waals surface area (Å²) in [4.78, 5) is 4.03. The number of nitriles is 2. The first kappa shape index (κ1) is 14.0. The molecule has 0 radical (unpaired) electrons. The summed E-state index contributed by atoms with van der Waals surface area (Å²) in [6, 6.07) is 12.7. The quantitative estimate of drug-likeness (QED) is 0.604. The second-order valence-corrected chi connectivity index (χ2v) is 4.68. The van der Waals surface area contributed by atoms with Gasteiger partial charge in [-0.2, -0.15) is 15.6 Å². The molecule has 0 aliphatic rings. The highest BCUT2D eigenvalue weighted by Crippen LogP contribution is 2.25. The topological polar surface area (TPSA) is 154 Å². The van der Waals surface area contributed by atoms with E-state index in [4.69, 9.17) is 22.1 Å². The van der Waals surface area contributed by atoms with Gasteiger partial charge in [0, 0.05) is 0 Å². The molecule has 1 aromatic carbocycles.